The monoisotopic (exact) mass is 297 g/mol. The Morgan fingerprint density at radius 1 is 1.40 bits per heavy atom. The minimum Gasteiger partial charge on any atom is -0.473 e. The number of methoxy groups -OCH3 is 1. The number of fused-ring (bicyclic) bond motifs is 1. The second-order valence-electron chi connectivity index (χ2n) is 4.79. The van der Waals surface area contributed by atoms with Gasteiger partial charge in [-0.2, -0.15) is 0 Å². The summed E-state index contributed by atoms with van der Waals surface area (Å²) in [7, 11) is -1.96. The Labute approximate surface area is 114 Å². The van der Waals surface area contributed by atoms with Gasteiger partial charge in [0.05, 0.1) is 18.4 Å². The van der Waals surface area contributed by atoms with Gasteiger partial charge in [0.15, 0.2) is 9.84 Å². The van der Waals surface area contributed by atoms with Gasteiger partial charge in [-0.1, -0.05) is 0 Å². The van der Waals surface area contributed by atoms with Gasteiger partial charge in [-0.25, -0.2) is 13.2 Å². The first-order chi connectivity index (χ1) is 9.35. The Kier molecular flexibility index (Phi) is 2.55. The number of esters is 1. The van der Waals surface area contributed by atoms with Crippen LogP contribution in [0.3, 0.4) is 0 Å². The smallest absolute Gasteiger partial charge is 0.337 e. The molecule has 0 aromatic heterocycles. The lowest BCUT2D eigenvalue weighted by atomic mass is 10.0. The van der Waals surface area contributed by atoms with Crippen molar-refractivity contribution < 1.29 is 27.5 Å². The van der Waals surface area contributed by atoms with Gasteiger partial charge in [-0.05, 0) is 18.2 Å². The maximum Gasteiger partial charge on any atom is 0.337 e. The highest BCUT2D eigenvalue weighted by Crippen LogP contribution is 2.39. The number of benzene rings is 1. The number of sulfone groups is 1. The molecule has 2 heterocycles. The number of nitrogens with one attached hydrogen (secondary N) is 1. The average Bonchev–Trinajstić information content (AvgIpc) is 2.36. The van der Waals surface area contributed by atoms with E-state index in [0.717, 1.165) is 0 Å². The van der Waals surface area contributed by atoms with E-state index in [1.165, 1.54) is 25.3 Å². The first-order valence-electron chi connectivity index (χ1n) is 5.78. The molecule has 106 valence electrons. The summed E-state index contributed by atoms with van der Waals surface area (Å²) in [6.45, 7) is 0. The Hall–Kier alpha value is -2.09. The normalized spacial score (nSPS) is 21.1. The molecule has 0 bridgehead atoms. The minimum atomic E-state index is -3.21. The summed E-state index contributed by atoms with van der Waals surface area (Å²) < 4.78 is 32.7. The van der Waals surface area contributed by atoms with Crippen LogP contribution in [0.2, 0.25) is 0 Å². The fourth-order valence-electron chi connectivity index (χ4n) is 2.31. The molecule has 1 aromatic carbocycles. The van der Waals surface area contributed by atoms with E-state index in [2.05, 4.69) is 10.1 Å². The van der Waals surface area contributed by atoms with E-state index in [1.807, 2.05) is 0 Å². The molecule has 1 aromatic rings. The summed E-state index contributed by atoms with van der Waals surface area (Å²) in [5, 5.41) is 2.57. The van der Waals surface area contributed by atoms with Crippen LogP contribution in [0.25, 0.3) is 0 Å². The van der Waals surface area contributed by atoms with Crippen molar-refractivity contribution in [3.05, 3.63) is 23.8 Å². The third-order valence-electron chi connectivity index (χ3n) is 3.27. The van der Waals surface area contributed by atoms with Crippen LogP contribution in [0, 0.1) is 0 Å². The van der Waals surface area contributed by atoms with Gasteiger partial charge in [0.2, 0.25) is 5.60 Å². The molecular formula is C12H11NO6S. The third-order valence-corrected chi connectivity index (χ3v) is 5.09. The van der Waals surface area contributed by atoms with Crippen molar-refractivity contribution in [2.24, 2.45) is 0 Å². The molecule has 8 heteroatoms. The highest BCUT2D eigenvalue weighted by Gasteiger charge is 2.58. The topological polar surface area (TPSA) is 98.8 Å². The second-order valence-corrected chi connectivity index (χ2v) is 6.85. The fraction of sp³-hybridized carbons (Fsp3) is 0.333. The summed E-state index contributed by atoms with van der Waals surface area (Å²) in [5.41, 5.74) is -0.737. The van der Waals surface area contributed by atoms with E-state index in [4.69, 9.17) is 4.74 Å². The highest BCUT2D eigenvalue weighted by molar-refractivity contribution is 7.93. The van der Waals surface area contributed by atoms with Crippen LogP contribution >= 0.6 is 0 Å². The van der Waals surface area contributed by atoms with Gasteiger partial charge >= 0.3 is 5.97 Å². The van der Waals surface area contributed by atoms with Crippen molar-refractivity contribution in [1.29, 1.82) is 0 Å². The van der Waals surface area contributed by atoms with Crippen molar-refractivity contribution in [3.63, 3.8) is 0 Å². The predicted octanol–water partition coefficient (Wildman–Crippen LogP) is -0.0287. The first kappa shape index (κ1) is 12.9. The molecule has 2 aliphatic heterocycles. The molecule has 1 amide bonds. The van der Waals surface area contributed by atoms with Gasteiger partial charge in [0.1, 0.15) is 17.3 Å². The lowest BCUT2D eigenvalue weighted by molar-refractivity contribution is -0.130. The zero-order chi connectivity index (χ0) is 14.5. The molecule has 1 spiro atoms. The largest absolute Gasteiger partial charge is 0.473 e. The molecule has 0 atom stereocenters. The van der Waals surface area contributed by atoms with Crippen LogP contribution < -0.4 is 10.1 Å². The number of carbonyl (C=O) groups excluding carboxylic acids is 2. The number of ether oxygens (including phenoxy) is 2. The Bertz CT molecular complexity index is 711. The molecule has 1 saturated heterocycles. The van der Waals surface area contributed by atoms with Crippen molar-refractivity contribution in [1.82, 2.24) is 0 Å². The number of rotatable bonds is 1. The SMILES string of the molecule is COC(=O)c1ccc2c(c1)NC(=O)C1(CS(=O)(=O)C1)O2. The molecule has 1 N–H and O–H groups in total. The lowest BCUT2D eigenvalue weighted by Crippen LogP contribution is -2.67. The van der Waals surface area contributed by atoms with Gasteiger partial charge < -0.3 is 14.8 Å². The summed E-state index contributed by atoms with van der Waals surface area (Å²) in [4.78, 5) is 23.4. The molecule has 0 aliphatic carbocycles. The van der Waals surface area contributed by atoms with Gasteiger partial charge in [0.25, 0.3) is 5.91 Å². The first-order valence-corrected chi connectivity index (χ1v) is 7.61. The third kappa shape index (κ3) is 1.83. The molecular weight excluding hydrogens is 286 g/mol. The molecule has 1 fully saturated rings. The van der Waals surface area contributed by atoms with Crippen molar-refractivity contribution in [2.75, 3.05) is 23.9 Å². The Morgan fingerprint density at radius 2 is 2.10 bits per heavy atom. The van der Waals surface area contributed by atoms with Gasteiger partial charge in [-0.15, -0.1) is 0 Å². The molecule has 2 aliphatic rings. The molecule has 0 saturated carbocycles. The maximum atomic E-state index is 12.0. The van der Waals surface area contributed by atoms with Gasteiger partial charge in [-0.3, -0.25) is 4.79 Å². The quantitative estimate of drug-likeness (QED) is 0.731. The molecule has 7 nitrogen and oxygen atoms in total. The number of anilines is 1. The van der Waals surface area contributed by atoms with Crippen molar-refractivity contribution in [3.8, 4) is 5.75 Å². The van der Waals surface area contributed by atoms with Crippen LogP contribution in [0.1, 0.15) is 10.4 Å². The van der Waals surface area contributed by atoms with E-state index < -0.39 is 27.3 Å². The second kappa shape index (κ2) is 3.95. The van der Waals surface area contributed by atoms with Crippen LogP contribution in [0.5, 0.6) is 5.75 Å². The zero-order valence-electron chi connectivity index (χ0n) is 10.5. The van der Waals surface area contributed by atoms with E-state index in [9.17, 15) is 18.0 Å². The fourth-order valence-corrected chi connectivity index (χ4v) is 4.03. The van der Waals surface area contributed by atoms with Crippen LogP contribution in [-0.2, 0) is 19.4 Å². The molecule has 0 radical (unpaired) electrons. The maximum absolute atomic E-state index is 12.0. The van der Waals surface area contributed by atoms with Gasteiger partial charge in [0, 0.05) is 0 Å². The van der Waals surface area contributed by atoms with Crippen molar-refractivity contribution >= 4 is 27.4 Å². The van der Waals surface area contributed by atoms with E-state index >= 15 is 0 Å². The molecule has 3 rings (SSSR count). The number of carbonyl (C=O) groups is 2. The summed E-state index contributed by atoms with van der Waals surface area (Å²) in [6, 6.07) is 4.43. The lowest BCUT2D eigenvalue weighted by Gasteiger charge is -2.42. The number of hydrogen-bond acceptors (Lipinski definition) is 6. The highest BCUT2D eigenvalue weighted by atomic mass is 32.2. The summed E-state index contributed by atoms with van der Waals surface area (Å²) >= 11 is 0. The number of amides is 1. The van der Waals surface area contributed by atoms with Crippen LogP contribution in [0.15, 0.2) is 18.2 Å². The minimum absolute atomic E-state index is 0.271. The average molecular weight is 297 g/mol. The standard InChI is InChI=1S/C12H11NO6S/c1-18-10(14)7-2-3-9-8(4-7)13-11(15)12(19-9)5-20(16,17)6-12/h2-4H,5-6H2,1H3,(H,13,15). The zero-order valence-corrected chi connectivity index (χ0v) is 11.3. The Balaban J connectivity index is 1.94. The summed E-state index contributed by atoms with van der Waals surface area (Å²) in [6.07, 6.45) is 0. The van der Waals surface area contributed by atoms with Crippen molar-refractivity contribution in [2.45, 2.75) is 5.60 Å². The van der Waals surface area contributed by atoms with E-state index in [1.54, 1.807) is 0 Å². The van der Waals surface area contributed by atoms with Crippen LogP contribution in [0.4, 0.5) is 5.69 Å². The predicted molar refractivity (Wildman–Crippen MR) is 68.4 cm³/mol. The van der Waals surface area contributed by atoms with Crippen LogP contribution in [-0.4, -0.2) is 44.5 Å². The number of hydrogen-bond donors (Lipinski definition) is 1. The molecule has 0 unspecified atom stereocenters. The van der Waals surface area contributed by atoms with E-state index in [0.29, 0.717) is 11.4 Å². The molecule has 20 heavy (non-hydrogen) atoms. The Morgan fingerprint density at radius 3 is 2.70 bits per heavy atom. The van der Waals surface area contributed by atoms with E-state index in [-0.39, 0.29) is 17.1 Å². The summed E-state index contributed by atoms with van der Waals surface area (Å²) in [5.74, 6) is -1.36.